The number of halogens is 2. The van der Waals surface area contributed by atoms with E-state index in [2.05, 4.69) is 5.32 Å². The maximum atomic E-state index is 12.5. The second kappa shape index (κ2) is 10.0. The van der Waals surface area contributed by atoms with E-state index in [1.807, 2.05) is 30.3 Å². The molecule has 132 valence electrons. The van der Waals surface area contributed by atoms with Gasteiger partial charge in [0.2, 0.25) is 0 Å². The summed E-state index contributed by atoms with van der Waals surface area (Å²) < 4.78 is 29.9. The van der Waals surface area contributed by atoms with Crippen LogP contribution in [0.4, 0.5) is 14.5 Å². The first-order valence-corrected chi connectivity index (χ1v) is 9.08. The minimum Gasteiger partial charge on any atom is -0.455 e. The molecule has 8 heteroatoms. The second-order valence-electron chi connectivity index (χ2n) is 4.69. The Morgan fingerprint density at radius 1 is 1.04 bits per heavy atom. The monoisotopic (exact) mass is 383 g/mol. The Bertz CT molecular complexity index is 714. The molecule has 0 aliphatic carbocycles. The van der Waals surface area contributed by atoms with Crippen LogP contribution in [0.25, 0.3) is 0 Å². The van der Waals surface area contributed by atoms with Gasteiger partial charge in [-0.2, -0.15) is 8.78 Å². The molecule has 25 heavy (non-hydrogen) atoms. The Balaban J connectivity index is 1.78. The van der Waals surface area contributed by atoms with Crippen molar-refractivity contribution in [3.05, 3.63) is 54.6 Å². The third-order valence-corrected chi connectivity index (χ3v) is 4.61. The predicted octanol–water partition coefficient (Wildman–Crippen LogP) is 4.28. The SMILES string of the molecule is O=C(COC(=O)CSc1ccccc1)Nc1ccccc1SC(F)F. The molecule has 0 aromatic heterocycles. The summed E-state index contributed by atoms with van der Waals surface area (Å²) in [6.07, 6.45) is 0. The Hall–Kier alpha value is -2.06. The third-order valence-electron chi connectivity index (χ3n) is 2.84. The van der Waals surface area contributed by atoms with Gasteiger partial charge in [0.1, 0.15) is 0 Å². The molecule has 0 fully saturated rings. The van der Waals surface area contributed by atoms with Gasteiger partial charge in [-0.15, -0.1) is 11.8 Å². The summed E-state index contributed by atoms with van der Waals surface area (Å²) in [5.41, 5.74) is 0.257. The Morgan fingerprint density at radius 3 is 2.44 bits per heavy atom. The standard InChI is InChI=1S/C17H15F2NO3S2/c18-17(19)25-14-9-5-4-8-13(14)20-15(21)10-23-16(22)11-24-12-6-2-1-3-7-12/h1-9,17H,10-11H2,(H,20,21). The van der Waals surface area contributed by atoms with E-state index in [1.165, 1.54) is 23.9 Å². The van der Waals surface area contributed by atoms with Crippen LogP contribution < -0.4 is 5.32 Å². The van der Waals surface area contributed by atoms with Gasteiger partial charge >= 0.3 is 5.97 Å². The largest absolute Gasteiger partial charge is 0.455 e. The van der Waals surface area contributed by atoms with E-state index in [0.29, 0.717) is 11.8 Å². The molecule has 2 aromatic carbocycles. The molecule has 0 unspecified atom stereocenters. The summed E-state index contributed by atoms with van der Waals surface area (Å²) >= 11 is 1.64. The van der Waals surface area contributed by atoms with Crippen LogP contribution in [-0.4, -0.2) is 30.0 Å². The number of hydrogen-bond donors (Lipinski definition) is 1. The summed E-state index contributed by atoms with van der Waals surface area (Å²) in [5.74, 6) is -3.62. The number of hydrogen-bond acceptors (Lipinski definition) is 5. The van der Waals surface area contributed by atoms with E-state index < -0.39 is 24.2 Å². The lowest BCUT2D eigenvalue weighted by Gasteiger charge is -2.10. The van der Waals surface area contributed by atoms with E-state index in [0.717, 1.165) is 4.90 Å². The lowest BCUT2D eigenvalue weighted by atomic mass is 10.3. The highest BCUT2D eigenvalue weighted by atomic mass is 32.2. The highest BCUT2D eigenvalue weighted by Crippen LogP contribution is 2.31. The van der Waals surface area contributed by atoms with Crippen LogP contribution in [0.3, 0.4) is 0 Å². The fourth-order valence-electron chi connectivity index (χ4n) is 1.80. The summed E-state index contributed by atoms with van der Waals surface area (Å²) in [7, 11) is 0. The van der Waals surface area contributed by atoms with E-state index >= 15 is 0 Å². The van der Waals surface area contributed by atoms with Crippen LogP contribution in [0.2, 0.25) is 0 Å². The number of anilines is 1. The van der Waals surface area contributed by atoms with Crippen LogP contribution in [-0.2, 0) is 14.3 Å². The van der Waals surface area contributed by atoms with Gasteiger partial charge in [0.05, 0.1) is 11.4 Å². The normalized spacial score (nSPS) is 10.5. The van der Waals surface area contributed by atoms with Crippen LogP contribution in [0, 0.1) is 0 Å². The Labute approximate surface area is 152 Å². The lowest BCUT2D eigenvalue weighted by Crippen LogP contribution is -2.22. The zero-order valence-electron chi connectivity index (χ0n) is 13.0. The number of carbonyl (C=O) groups is 2. The van der Waals surface area contributed by atoms with Gasteiger partial charge in [-0.1, -0.05) is 42.1 Å². The summed E-state index contributed by atoms with van der Waals surface area (Å²) in [6.45, 7) is -0.470. The van der Waals surface area contributed by atoms with Gasteiger partial charge in [-0.05, 0) is 24.3 Å². The van der Waals surface area contributed by atoms with Gasteiger partial charge < -0.3 is 10.1 Å². The van der Waals surface area contributed by atoms with Crippen molar-refractivity contribution in [2.45, 2.75) is 15.5 Å². The number of benzene rings is 2. The molecular weight excluding hydrogens is 368 g/mol. The molecular formula is C17H15F2NO3S2. The topological polar surface area (TPSA) is 55.4 Å². The molecule has 0 radical (unpaired) electrons. The average Bonchev–Trinajstić information content (AvgIpc) is 2.60. The number of carbonyl (C=O) groups excluding carboxylic acids is 2. The minimum atomic E-state index is -2.59. The van der Waals surface area contributed by atoms with Crippen LogP contribution >= 0.6 is 23.5 Å². The van der Waals surface area contributed by atoms with Crippen LogP contribution in [0.5, 0.6) is 0 Å². The molecule has 4 nitrogen and oxygen atoms in total. The first-order valence-electron chi connectivity index (χ1n) is 7.22. The van der Waals surface area contributed by atoms with Crippen molar-refractivity contribution in [1.29, 1.82) is 0 Å². The third kappa shape index (κ3) is 7.15. The quantitative estimate of drug-likeness (QED) is 0.545. The number of rotatable bonds is 8. The van der Waals surface area contributed by atoms with Gasteiger partial charge in [-0.25, -0.2) is 0 Å². The van der Waals surface area contributed by atoms with Crippen molar-refractivity contribution in [3.63, 3.8) is 0 Å². The highest BCUT2D eigenvalue weighted by molar-refractivity contribution is 8.00. The van der Waals surface area contributed by atoms with Crippen molar-refractivity contribution in [2.24, 2.45) is 0 Å². The number of alkyl halides is 2. The van der Waals surface area contributed by atoms with Crippen molar-refractivity contribution in [3.8, 4) is 0 Å². The van der Waals surface area contributed by atoms with Gasteiger partial charge in [0, 0.05) is 9.79 Å². The number of ether oxygens (including phenoxy) is 1. The maximum Gasteiger partial charge on any atom is 0.316 e. The second-order valence-corrected chi connectivity index (χ2v) is 6.77. The lowest BCUT2D eigenvalue weighted by molar-refractivity contribution is -0.144. The van der Waals surface area contributed by atoms with Gasteiger partial charge in [0.25, 0.3) is 11.7 Å². The fraction of sp³-hybridized carbons (Fsp3) is 0.176. The van der Waals surface area contributed by atoms with Crippen LogP contribution in [0.1, 0.15) is 0 Å². The maximum absolute atomic E-state index is 12.5. The number of thioether (sulfide) groups is 2. The first kappa shape index (κ1) is 19.3. The summed E-state index contributed by atoms with van der Waals surface area (Å²) in [4.78, 5) is 24.7. The molecule has 0 spiro atoms. The van der Waals surface area contributed by atoms with Crippen molar-refractivity contribution < 1.29 is 23.1 Å². The van der Waals surface area contributed by atoms with E-state index in [-0.39, 0.29) is 16.3 Å². The molecule has 0 atom stereocenters. The van der Waals surface area contributed by atoms with Crippen LogP contribution in [0.15, 0.2) is 64.4 Å². The van der Waals surface area contributed by atoms with Crippen molar-refractivity contribution >= 4 is 41.1 Å². The van der Waals surface area contributed by atoms with Crippen molar-refractivity contribution in [2.75, 3.05) is 17.7 Å². The number of para-hydroxylation sites is 1. The smallest absolute Gasteiger partial charge is 0.316 e. The van der Waals surface area contributed by atoms with E-state index in [4.69, 9.17) is 4.74 Å². The fourth-order valence-corrected chi connectivity index (χ4v) is 3.11. The average molecular weight is 383 g/mol. The molecule has 0 saturated carbocycles. The number of amides is 1. The zero-order chi connectivity index (χ0) is 18.1. The molecule has 2 rings (SSSR count). The summed E-state index contributed by atoms with van der Waals surface area (Å²) in [6, 6.07) is 15.5. The first-order chi connectivity index (χ1) is 12.0. The van der Waals surface area contributed by atoms with Gasteiger partial charge in [0.15, 0.2) is 6.61 Å². The number of esters is 1. The minimum absolute atomic E-state index is 0.0785. The van der Waals surface area contributed by atoms with Gasteiger partial charge in [-0.3, -0.25) is 9.59 Å². The van der Waals surface area contributed by atoms with E-state index in [9.17, 15) is 18.4 Å². The Morgan fingerprint density at radius 2 is 1.72 bits per heavy atom. The zero-order valence-corrected chi connectivity index (χ0v) is 14.6. The highest BCUT2D eigenvalue weighted by Gasteiger charge is 2.13. The molecule has 1 N–H and O–H groups in total. The number of nitrogens with one attached hydrogen (secondary N) is 1. The molecule has 0 aliphatic rings. The van der Waals surface area contributed by atoms with E-state index in [1.54, 1.807) is 12.1 Å². The Kier molecular flexibility index (Phi) is 7.75. The molecule has 0 aliphatic heterocycles. The molecule has 2 aromatic rings. The molecule has 0 saturated heterocycles. The van der Waals surface area contributed by atoms with Crippen molar-refractivity contribution in [1.82, 2.24) is 0 Å². The molecule has 0 bridgehead atoms. The predicted molar refractivity (Wildman–Crippen MR) is 95.1 cm³/mol. The molecule has 0 heterocycles. The molecule has 1 amide bonds. The summed E-state index contributed by atoms with van der Waals surface area (Å²) in [5, 5.41) is 2.47.